The summed E-state index contributed by atoms with van der Waals surface area (Å²) in [6.45, 7) is 1.76. The quantitative estimate of drug-likeness (QED) is 0.448. The third kappa shape index (κ3) is 5.22. The normalized spacial score (nSPS) is 15.0. The predicted molar refractivity (Wildman–Crippen MR) is 132 cm³/mol. The number of piperazine rings is 1. The molecule has 2 heterocycles. The van der Waals surface area contributed by atoms with Gasteiger partial charge in [0.25, 0.3) is 0 Å². The summed E-state index contributed by atoms with van der Waals surface area (Å²) in [5.41, 5.74) is 1.95. The first-order chi connectivity index (χ1) is 15.8. The number of thiazole rings is 1. The van der Waals surface area contributed by atoms with Crippen LogP contribution in [-0.2, 0) is 16.4 Å². The van der Waals surface area contributed by atoms with Gasteiger partial charge in [-0.05, 0) is 24.3 Å². The van der Waals surface area contributed by atoms with Gasteiger partial charge in [0.2, 0.25) is 10.0 Å². The highest BCUT2D eigenvalue weighted by Gasteiger charge is 2.31. The second kappa shape index (κ2) is 10.1. The van der Waals surface area contributed by atoms with E-state index in [4.69, 9.17) is 37.7 Å². The summed E-state index contributed by atoms with van der Waals surface area (Å²) in [5, 5.41) is 3.39. The van der Waals surface area contributed by atoms with Crippen molar-refractivity contribution in [2.75, 3.05) is 45.3 Å². The monoisotopic (exact) mass is 527 g/mol. The van der Waals surface area contributed by atoms with Gasteiger partial charge in [-0.25, -0.2) is 13.4 Å². The fraction of sp³-hybridized carbons (Fsp3) is 0.318. The number of methoxy groups -OCH3 is 2. The van der Waals surface area contributed by atoms with E-state index in [9.17, 15) is 8.42 Å². The van der Waals surface area contributed by atoms with Gasteiger partial charge in [0.05, 0.1) is 24.9 Å². The maximum atomic E-state index is 13.0. The zero-order valence-electron chi connectivity index (χ0n) is 18.1. The highest BCUT2D eigenvalue weighted by molar-refractivity contribution is 7.89. The topological polar surface area (TPSA) is 72.0 Å². The SMILES string of the molecule is COc1ccc(Cc2csc(N3CCN(S(=O)(=O)c4cc(Cl)ccc4Cl)CC3)n2)c(OC)c1. The average Bonchev–Trinajstić information content (AvgIpc) is 3.29. The first-order valence-corrected chi connectivity index (χ1v) is 13.2. The number of benzene rings is 2. The molecule has 0 radical (unpaired) electrons. The minimum Gasteiger partial charge on any atom is -0.497 e. The minimum absolute atomic E-state index is 0.0371. The number of sulfonamides is 1. The van der Waals surface area contributed by atoms with Crippen molar-refractivity contribution in [3.05, 3.63) is 63.1 Å². The minimum atomic E-state index is -3.72. The first kappa shape index (κ1) is 24.1. The van der Waals surface area contributed by atoms with Crippen LogP contribution in [0, 0.1) is 0 Å². The van der Waals surface area contributed by atoms with Gasteiger partial charge in [-0.15, -0.1) is 11.3 Å². The summed E-state index contributed by atoms with van der Waals surface area (Å²) in [5.74, 6) is 1.49. The van der Waals surface area contributed by atoms with Gasteiger partial charge in [-0.3, -0.25) is 0 Å². The Morgan fingerprint density at radius 3 is 2.48 bits per heavy atom. The van der Waals surface area contributed by atoms with Crippen LogP contribution in [0.2, 0.25) is 10.0 Å². The Balaban J connectivity index is 1.43. The summed E-state index contributed by atoms with van der Waals surface area (Å²) in [4.78, 5) is 6.91. The molecule has 0 unspecified atom stereocenters. The Morgan fingerprint density at radius 2 is 1.79 bits per heavy atom. The van der Waals surface area contributed by atoms with Crippen LogP contribution < -0.4 is 14.4 Å². The molecule has 7 nitrogen and oxygen atoms in total. The van der Waals surface area contributed by atoms with Crippen molar-refractivity contribution in [3.63, 3.8) is 0 Å². The number of halogens is 2. The number of hydrogen-bond donors (Lipinski definition) is 0. The summed E-state index contributed by atoms with van der Waals surface area (Å²) in [6, 6.07) is 10.2. The predicted octanol–water partition coefficient (Wildman–Crippen LogP) is 4.57. The van der Waals surface area contributed by atoms with Gasteiger partial charge < -0.3 is 14.4 Å². The maximum Gasteiger partial charge on any atom is 0.244 e. The second-order valence-corrected chi connectivity index (χ2v) is 11.0. The second-order valence-electron chi connectivity index (χ2n) is 7.44. The van der Waals surface area contributed by atoms with Crippen LogP contribution in [-0.4, -0.2) is 58.1 Å². The van der Waals surface area contributed by atoms with Gasteiger partial charge in [0, 0.05) is 54.6 Å². The molecule has 0 atom stereocenters. The van der Waals surface area contributed by atoms with Crippen LogP contribution >= 0.6 is 34.5 Å². The summed E-state index contributed by atoms with van der Waals surface area (Å²) in [7, 11) is -0.466. The van der Waals surface area contributed by atoms with E-state index in [-0.39, 0.29) is 9.92 Å². The molecule has 3 aromatic rings. The molecular weight excluding hydrogens is 505 g/mol. The molecule has 176 valence electrons. The van der Waals surface area contributed by atoms with Crippen LogP contribution in [0.15, 0.2) is 46.7 Å². The number of anilines is 1. The van der Waals surface area contributed by atoms with E-state index in [1.165, 1.54) is 16.4 Å². The van der Waals surface area contributed by atoms with Gasteiger partial charge in [0.15, 0.2) is 5.13 Å². The van der Waals surface area contributed by atoms with Crippen molar-refractivity contribution in [1.29, 1.82) is 0 Å². The smallest absolute Gasteiger partial charge is 0.244 e. The van der Waals surface area contributed by atoms with Gasteiger partial charge in [0.1, 0.15) is 16.4 Å². The molecule has 2 aromatic carbocycles. The molecule has 0 bridgehead atoms. The first-order valence-electron chi connectivity index (χ1n) is 10.2. The van der Waals surface area contributed by atoms with E-state index in [1.54, 1.807) is 31.6 Å². The van der Waals surface area contributed by atoms with Crippen molar-refractivity contribution in [3.8, 4) is 11.5 Å². The Kier molecular flexibility index (Phi) is 7.35. The van der Waals surface area contributed by atoms with E-state index in [2.05, 4.69) is 4.90 Å². The zero-order chi connectivity index (χ0) is 23.6. The average molecular weight is 528 g/mol. The number of hydrogen-bond acceptors (Lipinski definition) is 7. The third-order valence-electron chi connectivity index (χ3n) is 5.43. The van der Waals surface area contributed by atoms with Crippen LogP contribution in [0.3, 0.4) is 0 Å². The summed E-state index contributed by atoms with van der Waals surface area (Å²) < 4.78 is 38.3. The van der Waals surface area contributed by atoms with Gasteiger partial charge in [-0.2, -0.15) is 4.31 Å². The summed E-state index contributed by atoms with van der Waals surface area (Å²) >= 11 is 13.7. The lowest BCUT2D eigenvalue weighted by Gasteiger charge is -2.34. The number of aromatic nitrogens is 1. The van der Waals surface area contributed by atoms with Crippen molar-refractivity contribution in [2.45, 2.75) is 11.3 Å². The molecule has 0 saturated carbocycles. The van der Waals surface area contributed by atoms with E-state index in [1.807, 2.05) is 23.6 Å². The van der Waals surface area contributed by atoms with Crippen molar-refractivity contribution >= 4 is 49.7 Å². The molecule has 0 aliphatic carbocycles. The molecule has 4 rings (SSSR count). The molecule has 0 spiro atoms. The van der Waals surface area contributed by atoms with E-state index < -0.39 is 10.0 Å². The molecule has 1 aliphatic heterocycles. The molecule has 1 saturated heterocycles. The molecule has 0 N–H and O–H groups in total. The third-order valence-corrected chi connectivity index (χ3v) is 8.99. The Hall–Kier alpha value is -2.04. The Labute approximate surface area is 207 Å². The van der Waals surface area contributed by atoms with Crippen LogP contribution in [0.25, 0.3) is 0 Å². The molecular formula is C22H23Cl2N3O4S2. The summed E-state index contributed by atoms with van der Waals surface area (Å²) in [6.07, 6.45) is 0.630. The molecule has 1 fully saturated rings. The van der Waals surface area contributed by atoms with Crippen molar-refractivity contribution < 1.29 is 17.9 Å². The molecule has 1 aliphatic rings. The lowest BCUT2D eigenvalue weighted by Crippen LogP contribution is -2.48. The van der Waals surface area contributed by atoms with Crippen LogP contribution in [0.1, 0.15) is 11.3 Å². The van der Waals surface area contributed by atoms with Gasteiger partial charge >= 0.3 is 0 Å². The molecule has 11 heteroatoms. The molecule has 33 heavy (non-hydrogen) atoms. The number of nitrogens with zero attached hydrogens (tertiary/aromatic N) is 3. The maximum absolute atomic E-state index is 13.0. The van der Waals surface area contributed by atoms with E-state index >= 15 is 0 Å². The number of rotatable bonds is 7. The fourth-order valence-electron chi connectivity index (χ4n) is 3.65. The zero-order valence-corrected chi connectivity index (χ0v) is 21.3. The largest absolute Gasteiger partial charge is 0.497 e. The van der Waals surface area contributed by atoms with Crippen LogP contribution in [0.5, 0.6) is 11.5 Å². The highest BCUT2D eigenvalue weighted by Crippen LogP contribution is 2.31. The van der Waals surface area contributed by atoms with Crippen LogP contribution in [0.4, 0.5) is 5.13 Å². The number of ether oxygens (including phenoxy) is 2. The van der Waals surface area contributed by atoms with Gasteiger partial charge in [-0.1, -0.05) is 29.3 Å². The molecule has 1 aromatic heterocycles. The highest BCUT2D eigenvalue weighted by atomic mass is 35.5. The fourth-order valence-corrected chi connectivity index (χ4v) is 6.69. The molecule has 0 amide bonds. The van der Waals surface area contributed by atoms with Crippen molar-refractivity contribution in [1.82, 2.24) is 9.29 Å². The standard InChI is InChI=1S/C22H23Cl2N3O4S2/c1-30-18-5-3-15(20(13-18)31-2)11-17-14-32-22(25-17)26-7-9-27(10-8-26)33(28,29)21-12-16(23)4-6-19(21)24/h3-6,12-14H,7-11H2,1-2H3. The lowest BCUT2D eigenvalue weighted by atomic mass is 10.1. The Morgan fingerprint density at radius 1 is 1.03 bits per heavy atom. The van der Waals surface area contributed by atoms with E-state index in [0.717, 1.165) is 27.9 Å². The van der Waals surface area contributed by atoms with E-state index in [0.29, 0.717) is 37.6 Å². The lowest BCUT2D eigenvalue weighted by molar-refractivity contribution is 0.384. The van der Waals surface area contributed by atoms with Crippen molar-refractivity contribution in [2.24, 2.45) is 0 Å². The Bertz CT molecular complexity index is 1240.